The second-order valence-electron chi connectivity index (χ2n) is 6.00. The van der Waals surface area contributed by atoms with Gasteiger partial charge in [0.25, 0.3) is 5.56 Å². The molecule has 0 saturated carbocycles. The Labute approximate surface area is 117 Å². The van der Waals surface area contributed by atoms with Crippen molar-refractivity contribution in [2.45, 2.75) is 44.6 Å². The Morgan fingerprint density at radius 2 is 2.00 bits per heavy atom. The second kappa shape index (κ2) is 4.45. The Balaban J connectivity index is 2.03. The molecule has 1 saturated heterocycles. The number of nitrogens with one attached hydrogen (secondary N) is 2. The van der Waals surface area contributed by atoms with Crippen LogP contribution in [0.15, 0.2) is 4.79 Å². The molecule has 0 unspecified atom stereocenters. The summed E-state index contributed by atoms with van der Waals surface area (Å²) in [6, 6.07) is 0.343. The summed E-state index contributed by atoms with van der Waals surface area (Å²) in [4.78, 5) is 15.3. The highest BCUT2D eigenvalue weighted by molar-refractivity contribution is 5.84. The highest BCUT2D eigenvalue weighted by Gasteiger charge is 2.27. The number of aromatic amines is 1. The lowest BCUT2D eigenvalue weighted by Gasteiger charge is -2.17. The van der Waals surface area contributed by atoms with Crippen molar-refractivity contribution in [3.8, 4) is 0 Å². The highest BCUT2D eigenvalue weighted by Crippen LogP contribution is 2.33. The van der Waals surface area contributed by atoms with Crippen molar-refractivity contribution in [1.82, 2.24) is 20.1 Å². The highest BCUT2D eigenvalue weighted by atomic mass is 16.1. The summed E-state index contributed by atoms with van der Waals surface area (Å²) in [6.07, 6.45) is 6.57. The van der Waals surface area contributed by atoms with E-state index in [2.05, 4.69) is 10.3 Å². The molecule has 3 heterocycles. The number of fused-ring (bicyclic) bond motifs is 3. The minimum Gasteiger partial charge on any atom is -0.309 e. The number of hydrogen-bond acceptors (Lipinski definition) is 3. The lowest BCUT2D eigenvalue weighted by atomic mass is 9.89. The summed E-state index contributed by atoms with van der Waals surface area (Å²) in [7, 11) is 1.92. The van der Waals surface area contributed by atoms with Gasteiger partial charge in [0, 0.05) is 18.0 Å². The van der Waals surface area contributed by atoms with Gasteiger partial charge in [0.15, 0.2) is 0 Å². The SMILES string of the molecule is Cn1nc([C@H]2CCCN2)c2c3c(c(=O)[nH]c21)CCCC3. The second-order valence-corrected chi connectivity index (χ2v) is 6.00. The minimum absolute atomic E-state index is 0.0844. The fraction of sp³-hybridized carbons (Fsp3) is 0.600. The lowest BCUT2D eigenvalue weighted by molar-refractivity contribution is 0.610. The molecule has 1 aliphatic carbocycles. The summed E-state index contributed by atoms with van der Waals surface area (Å²) >= 11 is 0. The Morgan fingerprint density at radius 1 is 1.20 bits per heavy atom. The number of nitrogens with zero attached hydrogens (tertiary/aromatic N) is 2. The zero-order valence-electron chi connectivity index (χ0n) is 11.8. The number of H-pyrrole nitrogens is 1. The molecule has 4 rings (SSSR count). The fourth-order valence-corrected chi connectivity index (χ4v) is 3.76. The molecular weight excluding hydrogens is 252 g/mol. The number of hydrogen-bond donors (Lipinski definition) is 2. The molecule has 0 bridgehead atoms. The first kappa shape index (κ1) is 12.1. The van der Waals surface area contributed by atoms with E-state index in [1.165, 1.54) is 23.8 Å². The van der Waals surface area contributed by atoms with Crippen molar-refractivity contribution >= 4 is 11.0 Å². The van der Waals surface area contributed by atoms with Gasteiger partial charge in [-0.3, -0.25) is 9.48 Å². The molecule has 0 amide bonds. The van der Waals surface area contributed by atoms with Crippen molar-refractivity contribution in [2.24, 2.45) is 7.05 Å². The van der Waals surface area contributed by atoms with E-state index >= 15 is 0 Å². The van der Waals surface area contributed by atoms with Crippen LogP contribution in [-0.2, 0) is 19.9 Å². The third-order valence-electron chi connectivity index (χ3n) is 4.74. The Morgan fingerprint density at radius 3 is 2.75 bits per heavy atom. The summed E-state index contributed by atoms with van der Waals surface area (Å²) in [5, 5.41) is 9.45. The van der Waals surface area contributed by atoms with Crippen LogP contribution in [0.2, 0.25) is 0 Å². The molecule has 0 spiro atoms. The summed E-state index contributed by atoms with van der Waals surface area (Å²) in [6.45, 7) is 1.06. The molecule has 5 nitrogen and oxygen atoms in total. The van der Waals surface area contributed by atoms with Crippen LogP contribution < -0.4 is 10.9 Å². The zero-order valence-corrected chi connectivity index (χ0v) is 11.8. The third-order valence-corrected chi connectivity index (χ3v) is 4.74. The van der Waals surface area contributed by atoms with E-state index in [-0.39, 0.29) is 5.56 Å². The Kier molecular flexibility index (Phi) is 2.70. The van der Waals surface area contributed by atoms with Crippen molar-refractivity contribution < 1.29 is 0 Å². The molecule has 20 heavy (non-hydrogen) atoms. The van der Waals surface area contributed by atoms with Gasteiger partial charge in [0.1, 0.15) is 5.65 Å². The predicted octanol–water partition coefficient (Wildman–Crippen LogP) is 1.56. The van der Waals surface area contributed by atoms with Crippen LogP contribution in [0, 0.1) is 0 Å². The van der Waals surface area contributed by atoms with Gasteiger partial charge in [0.05, 0.1) is 11.7 Å². The first-order valence-corrected chi connectivity index (χ1v) is 7.59. The van der Waals surface area contributed by atoms with E-state index in [4.69, 9.17) is 5.10 Å². The molecule has 2 aromatic heterocycles. The van der Waals surface area contributed by atoms with Crippen LogP contribution in [0.4, 0.5) is 0 Å². The molecule has 106 valence electrons. The van der Waals surface area contributed by atoms with Crippen LogP contribution in [0.5, 0.6) is 0 Å². The van der Waals surface area contributed by atoms with Crippen LogP contribution in [0.1, 0.15) is 48.5 Å². The topological polar surface area (TPSA) is 62.7 Å². The molecule has 0 aromatic carbocycles. The van der Waals surface area contributed by atoms with Gasteiger partial charge >= 0.3 is 0 Å². The number of aromatic nitrogens is 3. The summed E-state index contributed by atoms with van der Waals surface area (Å²) in [5.41, 5.74) is 4.36. The average Bonchev–Trinajstić information content (AvgIpc) is 3.08. The monoisotopic (exact) mass is 272 g/mol. The van der Waals surface area contributed by atoms with E-state index in [1.54, 1.807) is 0 Å². The van der Waals surface area contributed by atoms with Gasteiger partial charge in [-0.05, 0) is 50.6 Å². The maximum Gasteiger partial charge on any atom is 0.253 e. The molecule has 1 aliphatic heterocycles. The molecule has 1 atom stereocenters. The van der Waals surface area contributed by atoms with Gasteiger partial charge in [-0.1, -0.05) is 0 Å². The van der Waals surface area contributed by atoms with Crippen molar-refractivity contribution in [3.05, 3.63) is 27.2 Å². The van der Waals surface area contributed by atoms with E-state index < -0.39 is 0 Å². The molecule has 2 aromatic rings. The lowest BCUT2D eigenvalue weighted by Crippen LogP contribution is -2.20. The predicted molar refractivity (Wildman–Crippen MR) is 78.0 cm³/mol. The zero-order chi connectivity index (χ0) is 13.7. The molecule has 5 heteroatoms. The smallest absolute Gasteiger partial charge is 0.253 e. The van der Waals surface area contributed by atoms with E-state index in [1.807, 2.05) is 11.7 Å². The minimum atomic E-state index is 0.0844. The standard InChI is InChI=1S/C15H20N4O/c1-19-14-12(13(18-19)11-7-4-8-16-11)9-5-2-3-6-10(9)15(20)17-14/h11,16H,2-8H2,1H3,(H,17,20)/t11-/m1/s1. The molecule has 0 radical (unpaired) electrons. The van der Waals surface area contributed by atoms with Crippen molar-refractivity contribution in [2.75, 3.05) is 6.54 Å². The first-order chi connectivity index (χ1) is 9.75. The molecular formula is C15H20N4O. The van der Waals surface area contributed by atoms with Crippen LogP contribution in [0.3, 0.4) is 0 Å². The first-order valence-electron chi connectivity index (χ1n) is 7.59. The van der Waals surface area contributed by atoms with Crippen LogP contribution in [0.25, 0.3) is 11.0 Å². The maximum atomic E-state index is 12.2. The fourth-order valence-electron chi connectivity index (χ4n) is 3.76. The van der Waals surface area contributed by atoms with Crippen LogP contribution in [-0.4, -0.2) is 21.3 Å². The van der Waals surface area contributed by atoms with Gasteiger partial charge < -0.3 is 10.3 Å². The van der Waals surface area contributed by atoms with Gasteiger partial charge in [0.2, 0.25) is 0 Å². The van der Waals surface area contributed by atoms with Gasteiger partial charge in [-0.2, -0.15) is 5.10 Å². The van der Waals surface area contributed by atoms with E-state index in [0.717, 1.165) is 49.1 Å². The molecule has 2 aliphatic rings. The Bertz CT molecular complexity index is 722. The maximum absolute atomic E-state index is 12.2. The van der Waals surface area contributed by atoms with Crippen LogP contribution >= 0.6 is 0 Å². The number of pyridine rings is 1. The normalized spacial score (nSPS) is 22.4. The number of rotatable bonds is 1. The quantitative estimate of drug-likeness (QED) is 0.828. The largest absolute Gasteiger partial charge is 0.309 e. The molecule has 2 N–H and O–H groups in total. The third kappa shape index (κ3) is 1.66. The summed E-state index contributed by atoms with van der Waals surface area (Å²) in [5.74, 6) is 0. The van der Waals surface area contributed by atoms with E-state index in [0.29, 0.717) is 6.04 Å². The average molecular weight is 272 g/mol. The van der Waals surface area contributed by atoms with Crippen molar-refractivity contribution in [3.63, 3.8) is 0 Å². The van der Waals surface area contributed by atoms with Gasteiger partial charge in [-0.25, -0.2) is 0 Å². The summed E-state index contributed by atoms with van der Waals surface area (Å²) < 4.78 is 1.83. The molecule has 1 fully saturated rings. The van der Waals surface area contributed by atoms with Crippen molar-refractivity contribution in [1.29, 1.82) is 0 Å². The Hall–Kier alpha value is -1.62. The van der Waals surface area contributed by atoms with E-state index in [9.17, 15) is 4.79 Å². The van der Waals surface area contributed by atoms with Gasteiger partial charge in [-0.15, -0.1) is 0 Å². The number of aryl methyl sites for hydroxylation is 2.